The highest BCUT2D eigenvalue weighted by atomic mass is 35.5. The van der Waals surface area contributed by atoms with Crippen LogP contribution in [0.1, 0.15) is 38.4 Å². The Bertz CT molecular complexity index is 369. The van der Waals surface area contributed by atoms with E-state index in [2.05, 4.69) is 25.2 Å². The van der Waals surface area contributed by atoms with Crippen molar-refractivity contribution in [3.05, 3.63) is 34.9 Å². The smallest absolute Gasteiger partial charge is 0.0975 e. The van der Waals surface area contributed by atoms with Crippen LogP contribution < -0.4 is 5.32 Å². The maximum atomic E-state index is 6.03. The molecule has 1 fully saturated rings. The molecule has 0 aromatic heterocycles. The molecule has 2 nitrogen and oxygen atoms in total. The Balaban J connectivity index is 2.15. The number of halogens is 1. The molecule has 3 unspecified atom stereocenters. The summed E-state index contributed by atoms with van der Waals surface area (Å²) in [6.07, 6.45) is 2.33. The van der Waals surface area contributed by atoms with E-state index in [1.807, 2.05) is 18.2 Å². The second-order valence-corrected chi connectivity index (χ2v) is 5.13. The van der Waals surface area contributed by atoms with Crippen molar-refractivity contribution >= 4 is 11.6 Å². The lowest BCUT2D eigenvalue weighted by molar-refractivity contribution is 0.0461. The van der Waals surface area contributed by atoms with Crippen molar-refractivity contribution in [3.8, 4) is 0 Å². The van der Waals surface area contributed by atoms with E-state index in [0.717, 1.165) is 30.0 Å². The van der Waals surface area contributed by atoms with Gasteiger partial charge in [-0.2, -0.15) is 0 Å². The molecule has 1 heterocycles. The van der Waals surface area contributed by atoms with Crippen LogP contribution in [0.2, 0.25) is 5.02 Å². The monoisotopic (exact) mass is 253 g/mol. The molecule has 3 atom stereocenters. The fourth-order valence-corrected chi connectivity index (χ4v) is 2.61. The van der Waals surface area contributed by atoms with Gasteiger partial charge in [0.15, 0.2) is 0 Å². The standard InChI is InChI=1S/C14H20ClNO/c1-3-13-7-8-17-14(10(2)16-13)11-5-4-6-12(15)9-11/h4-6,9-10,13-14,16H,3,7-8H2,1-2H3. The highest BCUT2D eigenvalue weighted by Crippen LogP contribution is 2.27. The zero-order chi connectivity index (χ0) is 12.3. The highest BCUT2D eigenvalue weighted by molar-refractivity contribution is 6.30. The average molecular weight is 254 g/mol. The minimum Gasteiger partial charge on any atom is -0.372 e. The van der Waals surface area contributed by atoms with E-state index in [4.69, 9.17) is 16.3 Å². The van der Waals surface area contributed by atoms with E-state index >= 15 is 0 Å². The SMILES string of the molecule is CCC1CCOC(c2cccc(Cl)c2)C(C)N1. The molecule has 1 aliphatic rings. The molecule has 1 N–H and O–H groups in total. The zero-order valence-corrected chi connectivity index (χ0v) is 11.2. The average Bonchev–Trinajstić information content (AvgIpc) is 2.50. The van der Waals surface area contributed by atoms with Crippen molar-refractivity contribution in [2.45, 2.75) is 44.9 Å². The second-order valence-electron chi connectivity index (χ2n) is 4.70. The van der Waals surface area contributed by atoms with E-state index in [0.29, 0.717) is 12.1 Å². The summed E-state index contributed by atoms with van der Waals surface area (Å²) in [6.45, 7) is 5.21. The minimum atomic E-state index is 0.102. The minimum absolute atomic E-state index is 0.102. The van der Waals surface area contributed by atoms with Crippen LogP contribution in [0.15, 0.2) is 24.3 Å². The molecular weight excluding hydrogens is 234 g/mol. The van der Waals surface area contributed by atoms with Gasteiger partial charge in [-0.05, 0) is 37.5 Å². The van der Waals surface area contributed by atoms with Gasteiger partial charge in [0, 0.05) is 23.7 Å². The highest BCUT2D eigenvalue weighted by Gasteiger charge is 2.25. The maximum absolute atomic E-state index is 6.03. The lowest BCUT2D eigenvalue weighted by Gasteiger charge is -2.24. The van der Waals surface area contributed by atoms with Gasteiger partial charge < -0.3 is 10.1 Å². The van der Waals surface area contributed by atoms with Gasteiger partial charge in [0.2, 0.25) is 0 Å². The van der Waals surface area contributed by atoms with Crippen LogP contribution >= 0.6 is 11.6 Å². The lowest BCUT2D eigenvalue weighted by atomic mass is 10.0. The first-order valence-corrected chi connectivity index (χ1v) is 6.71. The van der Waals surface area contributed by atoms with Gasteiger partial charge in [0.1, 0.15) is 0 Å². The van der Waals surface area contributed by atoms with Crippen molar-refractivity contribution < 1.29 is 4.74 Å². The predicted octanol–water partition coefficient (Wildman–Crippen LogP) is 3.56. The summed E-state index contributed by atoms with van der Waals surface area (Å²) in [5.41, 5.74) is 1.16. The number of benzene rings is 1. The third-order valence-corrected chi connectivity index (χ3v) is 3.62. The molecule has 3 heteroatoms. The van der Waals surface area contributed by atoms with Crippen LogP contribution in [0.25, 0.3) is 0 Å². The first-order valence-electron chi connectivity index (χ1n) is 6.34. The molecule has 0 saturated carbocycles. The molecule has 17 heavy (non-hydrogen) atoms. The molecule has 0 aliphatic carbocycles. The third kappa shape index (κ3) is 3.21. The molecule has 1 saturated heterocycles. The molecule has 1 aromatic carbocycles. The summed E-state index contributed by atoms with van der Waals surface area (Å²) in [5.74, 6) is 0. The quantitative estimate of drug-likeness (QED) is 0.870. The Morgan fingerprint density at radius 2 is 2.29 bits per heavy atom. The Hall–Kier alpha value is -0.570. The number of rotatable bonds is 2. The molecule has 0 spiro atoms. The van der Waals surface area contributed by atoms with Crippen LogP contribution in [0.3, 0.4) is 0 Å². The Morgan fingerprint density at radius 3 is 3.00 bits per heavy atom. The van der Waals surface area contributed by atoms with E-state index in [1.54, 1.807) is 0 Å². The molecule has 0 amide bonds. The van der Waals surface area contributed by atoms with Crippen LogP contribution in [0.4, 0.5) is 0 Å². The van der Waals surface area contributed by atoms with Crippen molar-refractivity contribution in [2.24, 2.45) is 0 Å². The van der Waals surface area contributed by atoms with Crippen molar-refractivity contribution in [1.29, 1.82) is 0 Å². The van der Waals surface area contributed by atoms with Gasteiger partial charge in [-0.3, -0.25) is 0 Å². The summed E-state index contributed by atoms with van der Waals surface area (Å²) >= 11 is 6.03. The van der Waals surface area contributed by atoms with Gasteiger partial charge in [-0.15, -0.1) is 0 Å². The topological polar surface area (TPSA) is 21.3 Å². The van der Waals surface area contributed by atoms with Gasteiger partial charge in [-0.25, -0.2) is 0 Å². The fourth-order valence-electron chi connectivity index (χ4n) is 2.41. The first kappa shape index (κ1) is 12.9. The normalized spacial score (nSPS) is 29.9. The van der Waals surface area contributed by atoms with Crippen LogP contribution in [-0.4, -0.2) is 18.7 Å². The molecular formula is C14H20ClNO. The summed E-state index contributed by atoms with van der Waals surface area (Å²) in [5, 5.41) is 4.40. The Kier molecular flexibility index (Phi) is 4.43. The summed E-state index contributed by atoms with van der Waals surface area (Å²) in [4.78, 5) is 0. The summed E-state index contributed by atoms with van der Waals surface area (Å²) in [7, 11) is 0. The summed E-state index contributed by atoms with van der Waals surface area (Å²) < 4.78 is 5.97. The zero-order valence-electron chi connectivity index (χ0n) is 10.4. The van der Waals surface area contributed by atoms with E-state index < -0.39 is 0 Å². The van der Waals surface area contributed by atoms with E-state index in [1.165, 1.54) is 0 Å². The molecule has 1 aliphatic heterocycles. The molecule has 94 valence electrons. The van der Waals surface area contributed by atoms with Gasteiger partial charge in [0.25, 0.3) is 0 Å². The Morgan fingerprint density at radius 1 is 1.47 bits per heavy atom. The van der Waals surface area contributed by atoms with Crippen molar-refractivity contribution in [3.63, 3.8) is 0 Å². The number of hydrogen-bond donors (Lipinski definition) is 1. The second kappa shape index (κ2) is 5.85. The van der Waals surface area contributed by atoms with Gasteiger partial charge in [-0.1, -0.05) is 30.7 Å². The van der Waals surface area contributed by atoms with Gasteiger partial charge >= 0.3 is 0 Å². The van der Waals surface area contributed by atoms with E-state index in [-0.39, 0.29) is 6.10 Å². The van der Waals surface area contributed by atoms with E-state index in [9.17, 15) is 0 Å². The van der Waals surface area contributed by atoms with Gasteiger partial charge in [0.05, 0.1) is 6.10 Å². The van der Waals surface area contributed by atoms with Crippen LogP contribution in [0.5, 0.6) is 0 Å². The molecule has 0 bridgehead atoms. The fraction of sp³-hybridized carbons (Fsp3) is 0.571. The summed E-state index contributed by atoms with van der Waals surface area (Å²) in [6, 6.07) is 8.84. The first-order chi connectivity index (χ1) is 8.20. The van der Waals surface area contributed by atoms with Crippen LogP contribution in [0, 0.1) is 0 Å². The lowest BCUT2D eigenvalue weighted by Crippen LogP contribution is -2.37. The third-order valence-electron chi connectivity index (χ3n) is 3.39. The van der Waals surface area contributed by atoms with Crippen LogP contribution in [-0.2, 0) is 4.74 Å². The predicted molar refractivity (Wildman–Crippen MR) is 71.4 cm³/mol. The number of hydrogen-bond acceptors (Lipinski definition) is 2. The largest absolute Gasteiger partial charge is 0.372 e. The number of ether oxygens (including phenoxy) is 1. The van der Waals surface area contributed by atoms with Crippen molar-refractivity contribution in [1.82, 2.24) is 5.32 Å². The number of nitrogens with one attached hydrogen (secondary N) is 1. The Labute approximate surface area is 108 Å². The van der Waals surface area contributed by atoms with Crippen molar-refractivity contribution in [2.75, 3.05) is 6.61 Å². The molecule has 0 radical (unpaired) electrons. The molecule has 2 rings (SSSR count). The maximum Gasteiger partial charge on any atom is 0.0975 e. The molecule has 1 aromatic rings.